The van der Waals surface area contributed by atoms with E-state index in [-0.39, 0.29) is 28.7 Å². The van der Waals surface area contributed by atoms with Crippen LogP contribution >= 0.6 is 0 Å². The minimum atomic E-state index is -0.562. The number of hydrogen-bond donors (Lipinski definition) is 3. The van der Waals surface area contributed by atoms with Gasteiger partial charge in [0.15, 0.2) is 5.82 Å². The Morgan fingerprint density at radius 1 is 1.08 bits per heavy atom. The SMILES string of the molecule is CC(Nc1nc(N)nc(N)c1C#N)c1nc2cccc(OCCN3CCCC3)c2c(=O)n1-c1ccccc1. The predicted octanol–water partition coefficient (Wildman–Crippen LogP) is 2.86. The maximum absolute atomic E-state index is 14.1. The number of nitrogens with zero attached hydrogens (tertiary/aromatic N) is 6. The van der Waals surface area contributed by atoms with Crippen LogP contribution in [-0.2, 0) is 0 Å². The van der Waals surface area contributed by atoms with Crippen molar-refractivity contribution in [1.82, 2.24) is 24.4 Å². The minimum absolute atomic E-state index is 0.0302. The Labute approximate surface area is 219 Å². The van der Waals surface area contributed by atoms with Crippen molar-refractivity contribution < 1.29 is 4.74 Å². The number of likely N-dealkylation sites (tertiary alicyclic amines) is 1. The number of ether oxygens (including phenoxy) is 1. The van der Waals surface area contributed by atoms with Crippen LogP contribution in [0.3, 0.4) is 0 Å². The lowest BCUT2D eigenvalue weighted by Gasteiger charge is -2.21. The lowest BCUT2D eigenvalue weighted by atomic mass is 10.1. The highest BCUT2D eigenvalue weighted by molar-refractivity contribution is 5.84. The highest BCUT2D eigenvalue weighted by Gasteiger charge is 2.22. The van der Waals surface area contributed by atoms with Gasteiger partial charge in [0, 0.05) is 6.54 Å². The number of fused-ring (bicyclic) bond motifs is 1. The monoisotopic (exact) mass is 511 g/mol. The second-order valence-electron chi connectivity index (χ2n) is 9.16. The van der Waals surface area contributed by atoms with E-state index in [1.165, 1.54) is 12.8 Å². The Bertz CT molecular complexity index is 1560. The molecule has 1 fully saturated rings. The molecular formula is C27H29N9O2. The molecule has 0 saturated carbocycles. The molecule has 0 radical (unpaired) electrons. The number of anilines is 3. The summed E-state index contributed by atoms with van der Waals surface area (Å²) in [5.74, 6) is 0.982. The smallest absolute Gasteiger partial charge is 0.269 e. The number of hydrogen-bond acceptors (Lipinski definition) is 10. The van der Waals surface area contributed by atoms with Crippen LogP contribution < -0.4 is 27.1 Å². The van der Waals surface area contributed by atoms with Crippen molar-refractivity contribution in [3.63, 3.8) is 0 Å². The second kappa shape index (κ2) is 10.7. The molecule has 1 atom stereocenters. The van der Waals surface area contributed by atoms with E-state index < -0.39 is 6.04 Å². The van der Waals surface area contributed by atoms with Crippen LogP contribution in [0.4, 0.5) is 17.6 Å². The van der Waals surface area contributed by atoms with Gasteiger partial charge in [0.1, 0.15) is 41.0 Å². The van der Waals surface area contributed by atoms with Gasteiger partial charge in [-0.25, -0.2) is 4.98 Å². The van der Waals surface area contributed by atoms with Crippen LogP contribution in [0.1, 0.15) is 37.2 Å². The topological polar surface area (TPSA) is 161 Å². The lowest BCUT2D eigenvalue weighted by molar-refractivity contribution is 0.239. The van der Waals surface area contributed by atoms with E-state index >= 15 is 0 Å². The number of aromatic nitrogens is 4. The van der Waals surface area contributed by atoms with Gasteiger partial charge in [-0.2, -0.15) is 15.2 Å². The Morgan fingerprint density at radius 2 is 1.84 bits per heavy atom. The summed E-state index contributed by atoms with van der Waals surface area (Å²) in [6.45, 7) is 5.26. The zero-order valence-electron chi connectivity index (χ0n) is 21.1. The summed E-state index contributed by atoms with van der Waals surface area (Å²) < 4.78 is 7.66. The molecule has 3 heterocycles. The van der Waals surface area contributed by atoms with Gasteiger partial charge in [0.2, 0.25) is 5.95 Å². The molecule has 0 spiro atoms. The Kier molecular flexibility index (Phi) is 7.06. The Morgan fingerprint density at radius 3 is 2.58 bits per heavy atom. The second-order valence-corrected chi connectivity index (χ2v) is 9.16. The molecule has 1 aliphatic heterocycles. The van der Waals surface area contributed by atoms with Crippen molar-refractivity contribution >= 4 is 28.5 Å². The summed E-state index contributed by atoms with van der Waals surface area (Å²) in [5, 5.41) is 13.1. The van der Waals surface area contributed by atoms with Crippen molar-refractivity contribution in [3.05, 3.63) is 70.3 Å². The fourth-order valence-electron chi connectivity index (χ4n) is 4.73. The van der Waals surface area contributed by atoms with E-state index in [0.29, 0.717) is 34.8 Å². The Hall–Kier alpha value is -4.69. The summed E-state index contributed by atoms with van der Waals surface area (Å²) in [4.78, 5) is 29.3. The normalized spacial score (nSPS) is 14.3. The zero-order chi connectivity index (χ0) is 26.6. The maximum Gasteiger partial charge on any atom is 0.269 e. The molecule has 11 heteroatoms. The van der Waals surface area contributed by atoms with Crippen molar-refractivity contribution in [1.29, 1.82) is 5.26 Å². The van der Waals surface area contributed by atoms with Crippen LogP contribution in [0.2, 0.25) is 0 Å². The Balaban J connectivity index is 1.58. The molecule has 1 unspecified atom stereocenters. The van der Waals surface area contributed by atoms with E-state index in [0.717, 1.165) is 19.6 Å². The summed E-state index contributed by atoms with van der Waals surface area (Å²) in [7, 11) is 0. The van der Waals surface area contributed by atoms with E-state index in [1.807, 2.05) is 49.4 Å². The molecule has 4 aromatic rings. The van der Waals surface area contributed by atoms with E-state index in [9.17, 15) is 10.1 Å². The van der Waals surface area contributed by atoms with E-state index in [2.05, 4.69) is 20.2 Å². The van der Waals surface area contributed by atoms with Gasteiger partial charge in [-0.15, -0.1) is 0 Å². The molecule has 194 valence electrons. The third-order valence-electron chi connectivity index (χ3n) is 6.57. The van der Waals surface area contributed by atoms with Crippen LogP contribution in [0.5, 0.6) is 5.75 Å². The van der Waals surface area contributed by atoms with Crippen molar-refractivity contribution in [3.8, 4) is 17.5 Å². The van der Waals surface area contributed by atoms with Gasteiger partial charge in [-0.1, -0.05) is 24.3 Å². The van der Waals surface area contributed by atoms with Gasteiger partial charge in [-0.3, -0.25) is 14.3 Å². The first-order valence-corrected chi connectivity index (χ1v) is 12.5. The summed E-state index contributed by atoms with van der Waals surface area (Å²) >= 11 is 0. The maximum atomic E-state index is 14.1. The predicted molar refractivity (Wildman–Crippen MR) is 146 cm³/mol. The molecule has 5 rings (SSSR count). The molecule has 0 amide bonds. The molecule has 5 N–H and O–H groups in total. The number of nitriles is 1. The van der Waals surface area contributed by atoms with Crippen LogP contribution in [0, 0.1) is 11.3 Å². The van der Waals surface area contributed by atoms with Gasteiger partial charge in [0.25, 0.3) is 5.56 Å². The van der Waals surface area contributed by atoms with E-state index in [1.54, 1.807) is 16.7 Å². The summed E-state index contributed by atoms with van der Waals surface area (Å²) in [5.41, 5.74) is 12.6. The summed E-state index contributed by atoms with van der Waals surface area (Å²) in [6, 6.07) is 16.1. The molecule has 2 aromatic carbocycles. The average Bonchev–Trinajstić information content (AvgIpc) is 3.42. The fraction of sp³-hybridized carbons (Fsp3) is 0.296. The highest BCUT2D eigenvalue weighted by Crippen LogP contribution is 2.27. The van der Waals surface area contributed by atoms with Gasteiger partial charge >= 0.3 is 0 Å². The van der Waals surface area contributed by atoms with Crippen molar-refractivity contribution in [2.24, 2.45) is 0 Å². The first kappa shape index (κ1) is 25.0. The van der Waals surface area contributed by atoms with E-state index in [4.69, 9.17) is 21.2 Å². The number of benzene rings is 2. The lowest BCUT2D eigenvalue weighted by Crippen LogP contribution is -2.28. The molecule has 0 bridgehead atoms. The fourth-order valence-corrected chi connectivity index (χ4v) is 4.73. The van der Waals surface area contributed by atoms with Crippen LogP contribution in [-0.4, -0.2) is 50.7 Å². The van der Waals surface area contributed by atoms with Gasteiger partial charge in [0.05, 0.1) is 17.2 Å². The van der Waals surface area contributed by atoms with Gasteiger partial charge < -0.3 is 21.5 Å². The molecule has 1 saturated heterocycles. The van der Waals surface area contributed by atoms with Crippen molar-refractivity contribution in [2.75, 3.05) is 43.0 Å². The molecule has 38 heavy (non-hydrogen) atoms. The van der Waals surface area contributed by atoms with Crippen LogP contribution in [0.15, 0.2) is 53.3 Å². The number of nitrogens with two attached hydrogens (primary N) is 2. The molecular weight excluding hydrogens is 482 g/mol. The summed E-state index contributed by atoms with van der Waals surface area (Å²) in [6.07, 6.45) is 2.41. The third-order valence-corrected chi connectivity index (χ3v) is 6.57. The molecule has 2 aromatic heterocycles. The molecule has 11 nitrogen and oxygen atoms in total. The quantitative estimate of drug-likeness (QED) is 0.321. The van der Waals surface area contributed by atoms with Crippen LogP contribution in [0.25, 0.3) is 16.6 Å². The molecule has 1 aliphatic rings. The third kappa shape index (κ3) is 4.94. The zero-order valence-corrected chi connectivity index (χ0v) is 21.1. The number of para-hydroxylation sites is 1. The first-order valence-electron chi connectivity index (χ1n) is 12.5. The largest absolute Gasteiger partial charge is 0.491 e. The minimum Gasteiger partial charge on any atom is -0.491 e. The number of nitrogen functional groups attached to an aromatic ring is 2. The van der Waals surface area contributed by atoms with Crippen molar-refractivity contribution in [2.45, 2.75) is 25.8 Å². The first-order chi connectivity index (χ1) is 18.5. The average molecular weight is 512 g/mol. The standard InChI is InChI=1S/C27H29N9O2/c1-17(31-24-19(16-28)23(29)33-27(30)34-24)25-32-20-10-7-11-21(38-15-14-35-12-5-6-13-35)22(20)26(37)36(25)18-8-3-2-4-9-18/h2-4,7-11,17H,5-6,12-15H2,1H3,(H5,29,30,31,33,34). The molecule has 0 aliphatic carbocycles. The van der Waals surface area contributed by atoms with Gasteiger partial charge in [-0.05, 0) is 57.1 Å². The number of nitrogens with one attached hydrogen (secondary N) is 1. The number of rotatable bonds is 8. The highest BCUT2D eigenvalue weighted by atomic mass is 16.5.